The van der Waals surface area contributed by atoms with Gasteiger partial charge >= 0.3 is 5.69 Å². The summed E-state index contributed by atoms with van der Waals surface area (Å²) in [7, 11) is 0. The fraction of sp³-hybridized carbons (Fsp3) is 0.625. The number of rotatable bonds is 2. The fourth-order valence-corrected chi connectivity index (χ4v) is 1.90. The van der Waals surface area contributed by atoms with Gasteiger partial charge in [-0.15, -0.1) is 5.10 Å². The molecule has 82 valence electrons. The molecule has 0 saturated carbocycles. The van der Waals surface area contributed by atoms with E-state index in [0.29, 0.717) is 6.54 Å². The average Bonchev–Trinajstić information content (AvgIpc) is 2.65. The molecule has 0 bridgehead atoms. The molecule has 1 aliphatic heterocycles. The second kappa shape index (κ2) is 3.85. The van der Waals surface area contributed by atoms with Crippen LogP contribution in [0, 0.1) is 0 Å². The molecule has 1 unspecified atom stereocenters. The Labute approximate surface area is 85.3 Å². The number of hydrogen-bond acceptors (Lipinski definition) is 5. The van der Waals surface area contributed by atoms with Gasteiger partial charge in [-0.1, -0.05) is 0 Å². The highest BCUT2D eigenvalue weighted by Crippen LogP contribution is 2.19. The molecule has 7 nitrogen and oxygen atoms in total. The number of hydrogen-bond donors (Lipinski definition) is 3. The van der Waals surface area contributed by atoms with E-state index < -0.39 is 11.2 Å². The van der Waals surface area contributed by atoms with Gasteiger partial charge in [0.2, 0.25) is 5.82 Å². The van der Waals surface area contributed by atoms with E-state index in [9.17, 15) is 9.59 Å². The molecular formula is C8H13N5O2. The van der Waals surface area contributed by atoms with E-state index in [1.165, 1.54) is 0 Å². The van der Waals surface area contributed by atoms with E-state index >= 15 is 0 Å². The predicted octanol–water partition coefficient (Wildman–Crippen LogP) is -1.61. The van der Waals surface area contributed by atoms with Crippen molar-refractivity contribution in [1.82, 2.24) is 15.2 Å². The molecule has 1 aliphatic rings. The summed E-state index contributed by atoms with van der Waals surface area (Å²) in [6, 6.07) is 0.143. The van der Waals surface area contributed by atoms with Crippen LogP contribution in [0.25, 0.3) is 0 Å². The Bertz CT molecular complexity index is 451. The topological polar surface area (TPSA) is 108 Å². The molecule has 2 rings (SSSR count). The first-order valence-electron chi connectivity index (χ1n) is 4.88. The number of aromatic nitrogens is 3. The Kier molecular flexibility index (Phi) is 2.55. The minimum absolute atomic E-state index is 0.143. The molecule has 7 heteroatoms. The molecule has 0 amide bonds. The number of anilines is 1. The summed E-state index contributed by atoms with van der Waals surface area (Å²) in [5, 5.41) is 5.97. The van der Waals surface area contributed by atoms with Crippen LogP contribution in [0.4, 0.5) is 5.82 Å². The molecule has 15 heavy (non-hydrogen) atoms. The zero-order valence-corrected chi connectivity index (χ0v) is 8.19. The highest BCUT2D eigenvalue weighted by molar-refractivity contribution is 5.37. The summed E-state index contributed by atoms with van der Waals surface area (Å²) in [5.74, 6) is 0.252. The molecule has 2 heterocycles. The van der Waals surface area contributed by atoms with E-state index in [0.717, 1.165) is 19.4 Å². The molecular weight excluding hydrogens is 198 g/mol. The maximum atomic E-state index is 11.5. The fourth-order valence-electron chi connectivity index (χ4n) is 1.90. The van der Waals surface area contributed by atoms with Crippen LogP contribution in [0.1, 0.15) is 12.8 Å². The highest BCUT2D eigenvalue weighted by atomic mass is 16.2. The number of H-pyrrole nitrogens is 2. The van der Waals surface area contributed by atoms with Gasteiger partial charge in [0.05, 0.1) is 0 Å². The van der Waals surface area contributed by atoms with Crippen LogP contribution in [-0.2, 0) is 0 Å². The van der Waals surface area contributed by atoms with Gasteiger partial charge in [-0.2, -0.15) is 0 Å². The van der Waals surface area contributed by atoms with Gasteiger partial charge in [0.25, 0.3) is 5.56 Å². The largest absolute Gasteiger partial charge is 0.346 e. The summed E-state index contributed by atoms with van der Waals surface area (Å²) >= 11 is 0. The lowest BCUT2D eigenvalue weighted by atomic mass is 10.2. The first kappa shape index (κ1) is 9.91. The Morgan fingerprint density at radius 2 is 2.33 bits per heavy atom. The first-order valence-corrected chi connectivity index (χ1v) is 4.88. The third-order valence-electron chi connectivity index (χ3n) is 2.61. The van der Waals surface area contributed by atoms with Gasteiger partial charge < -0.3 is 10.6 Å². The summed E-state index contributed by atoms with van der Waals surface area (Å²) in [4.78, 5) is 26.3. The molecule has 1 aromatic heterocycles. The number of nitrogens with zero attached hydrogens (tertiary/aromatic N) is 2. The minimum atomic E-state index is -0.591. The maximum absolute atomic E-state index is 11.5. The quantitative estimate of drug-likeness (QED) is 0.545. The number of aromatic amines is 2. The zero-order chi connectivity index (χ0) is 10.8. The van der Waals surface area contributed by atoms with Gasteiger partial charge in [-0.3, -0.25) is 9.78 Å². The summed E-state index contributed by atoms with van der Waals surface area (Å²) < 4.78 is 0. The molecule has 0 aliphatic carbocycles. The van der Waals surface area contributed by atoms with E-state index in [-0.39, 0.29) is 11.9 Å². The Morgan fingerprint density at radius 1 is 1.53 bits per heavy atom. The average molecular weight is 211 g/mol. The minimum Gasteiger partial charge on any atom is -0.346 e. The normalized spacial score (nSPS) is 20.9. The van der Waals surface area contributed by atoms with Gasteiger partial charge in [-0.05, 0) is 12.8 Å². The van der Waals surface area contributed by atoms with Crippen molar-refractivity contribution in [2.24, 2.45) is 5.73 Å². The van der Waals surface area contributed by atoms with Crippen molar-refractivity contribution in [3.8, 4) is 0 Å². The maximum Gasteiger partial charge on any atom is 0.342 e. The highest BCUT2D eigenvalue weighted by Gasteiger charge is 2.26. The van der Waals surface area contributed by atoms with E-state index in [1.54, 1.807) is 0 Å². The molecule has 1 saturated heterocycles. The van der Waals surface area contributed by atoms with Crippen LogP contribution >= 0.6 is 0 Å². The number of nitrogens with two attached hydrogens (primary N) is 1. The van der Waals surface area contributed by atoms with E-state index in [2.05, 4.69) is 15.2 Å². The van der Waals surface area contributed by atoms with Crippen LogP contribution in [0.5, 0.6) is 0 Å². The smallest absolute Gasteiger partial charge is 0.342 e. The Morgan fingerprint density at radius 3 is 3.00 bits per heavy atom. The van der Waals surface area contributed by atoms with E-state index in [4.69, 9.17) is 5.73 Å². The van der Waals surface area contributed by atoms with Crippen LogP contribution in [0.3, 0.4) is 0 Å². The van der Waals surface area contributed by atoms with Crippen LogP contribution in [0.15, 0.2) is 9.59 Å². The van der Waals surface area contributed by atoms with Gasteiger partial charge in [-0.25, -0.2) is 9.89 Å². The van der Waals surface area contributed by atoms with Crippen molar-refractivity contribution < 1.29 is 0 Å². The zero-order valence-electron chi connectivity index (χ0n) is 8.19. The van der Waals surface area contributed by atoms with Crippen molar-refractivity contribution in [1.29, 1.82) is 0 Å². The molecule has 1 fully saturated rings. The summed E-state index contributed by atoms with van der Waals surface area (Å²) in [6.07, 6.45) is 1.94. The Hall–Kier alpha value is -1.63. The lowest BCUT2D eigenvalue weighted by Gasteiger charge is -2.22. The molecule has 0 aromatic carbocycles. The van der Waals surface area contributed by atoms with Crippen molar-refractivity contribution >= 4 is 5.82 Å². The molecule has 1 aromatic rings. The lowest BCUT2D eigenvalue weighted by Crippen LogP contribution is -2.41. The van der Waals surface area contributed by atoms with Crippen molar-refractivity contribution in [2.75, 3.05) is 18.0 Å². The molecule has 1 atom stereocenters. The van der Waals surface area contributed by atoms with Gasteiger partial charge in [0.15, 0.2) is 0 Å². The van der Waals surface area contributed by atoms with E-state index in [1.807, 2.05) is 4.90 Å². The third kappa shape index (κ3) is 1.78. The van der Waals surface area contributed by atoms with Gasteiger partial charge in [0.1, 0.15) is 0 Å². The van der Waals surface area contributed by atoms with Crippen molar-refractivity contribution in [2.45, 2.75) is 18.9 Å². The molecule has 4 N–H and O–H groups in total. The monoisotopic (exact) mass is 211 g/mol. The second-order valence-corrected chi connectivity index (χ2v) is 3.56. The number of nitrogens with one attached hydrogen (secondary N) is 2. The summed E-state index contributed by atoms with van der Waals surface area (Å²) in [5.41, 5.74) is 4.54. The third-order valence-corrected chi connectivity index (χ3v) is 2.61. The molecule has 0 radical (unpaired) electrons. The predicted molar refractivity (Wildman–Crippen MR) is 54.9 cm³/mol. The van der Waals surface area contributed by atoms with Crippen LogP contribution in [-0.4, -0.2) is 34.3 Å². The SMILES string of the molecule is NCC1CCCN1c1n[nH]c(=O)[nH]c1=O. The first-order chi connectivity index (χ1) is 7.22. The van der Waals surface area contributed by atoms with Crippen LogP contribution < -0.4 is 21.9 Å². The lowest BCUT2D eigenvalue weighted by molar-refractivity contribution is 0.660. The standard InChI is InChI=1S/C8H13N5O2/c9-4-5-2-1-3-13(5)6-7(14)10-8(15)12-11-6/h5H,1-4,9H2,(H2,10,12,14,15). The summed E-state index contributed by atoms with van der Waals surface area (Å²) in [6.45, 7) is 1.24. The Balaban J connectivity index is 2.37. The second-order valence-electron chi connectivity index (χ2n) is 3.56. The van der Waals surface area contributed by atoms with Crippen LogP contribution in [0.2, 0.25) is 0 Å². The van der Waals surface area contributed by atoms with Crippen molar-refractivity contribution in [3.63, 3.8) is 0 Å². The van der Waals surface area contributed by atoms with Gasteiger partial charge in [0, 0.05) is 19.1 Å². The van der Waals surface area contributed by atoms with Crippen molar-refractivity contribution in [3.05, 3.63) is 20.8 Å². The molecule has 0 spiro atoms.